The van der Waals surface area contributed by atoms with Crippen LogP contribution in [0.1, 0.15) is 32.3 Å². The summed E-state index contributed by atoms with van der Waals surface area (Å²) in [5.74, 6) is 1.07. The van der Waals surface area contributed by atoms with Gasteiger partial charge in [-0.05, 0) is 44.4 Å². The first kappa shape index (κ1) is 17.4. The summed E-state index contributed by atoms with van der Waals surface area (Å²) >= 11 is 0. The number of pyridine rings is 1. The minimum atomic E-state index is 0.0901. The highest BCUT2D eigenvalue weighted by Gasteiger charge is 2.06. The van der Waals surface area contributed by atoms with Crippen LogP contribution in [0.2, 0.25) is 0 Å². The standard InChI is InChI=1S/C16H27N3O2/c1-4-19(5-2)15-13-14(9-11-17-15)7-8-16(20)18-10-6-12-21-3/h9,11,13H,4-8,10,12H2,1-3H3,(H,18,20). The van der Waals surface area contributed by atoms with E-state index in [9.17, 15) is 4.79 Å². The van der Waals surface area contributed by atoms with Gasteiger partial charge >= 0.3 is 0 Å². The molecule has 0 atom stereocenters. The van der Waals surface area contributed by atoms with E-state index in [1.807, 2.05) is 12.3 Å². The van der Waals surface area contributed by atoms with Gasteiger partial charge in [0.1, 0.15) is 5.82 Å². The number of carbonyl (C=O) groups is 1. The predicted octanol–water partition coefficient (Wildman–Crippen LogP) is 2.01. The van der Waals surface area contributed by atoms with Crippen molar-refractivity contribution in [3.63, 3.8) is 0 Å². The lowest BCUT2D eigenvalue weighted by Gasteiger charge is -2.20. The second-order valence-corrected chi connectivity index (χ2v) is 4.89. The van der Waals surface area contributed by atoms with Crippen molar-refractivity contribution in [2.75, 3.05) is 38.3 Å². The third kappa shape index (κ3) is 6.58. The number of nitrogens with zero attached hydrogens (tertiary/aromatic N) is 2. The average molecular weight is 293 g/mol. The number of ether oxygens (including phenoxy) is 1. The van der Waals surface area contributed by atoms with E-state index in [-0.39, 0.29) is 5.91 Å². The van der Waals surface area contributed by atoms with Gasteiger partial charge in [-0.1, -0.05) is 0 Å². The van der Waals surface area contributed by atoms with Crippen LogP contribution in [0.15, 0.2) is 18.3 Å². The van der Waals surface area contributed by atoms with Gasteiger partial charge in [0, 0.05) is 46.0 Å². The second-order valence-electron chi connectivity index (χ2n) is 4.89. The SMILES string of the molecule is CCN(CC)c1cc(CCC(=O)NCCCOC)ccn1. The molecule has 0 aromatic carbocycles. The largest absolute Gasteiger partial charge is 0.385 e. The Morgan fingerprint density at radius 2 is 2.14 bits per heavy atom. The summed E-state index contributed by atoms with van der Waals surface area (Å²) in [6, 6.07) is 4.05. The molecule has 1 rings (SSSR count). The van der Waals surface area contributed by atoms with Crippen LogP contribution < -0.4 is 10.2 Å². The normalized spacial score (nSPS) is 10.4. The second kappa shape index (κ2) is 10.2. The zero-order chi connectivity index (χ0) is 15.5. The van der Waals surface area contributed by atoms with Gasteiger partial charge in [-0.3, -0.25) is 4.79 Å². The van der Waals surface area contributed by atoms with E-state index in [0.717, 1.165) is 37.3 Å². The highest BCUT2D eigenvalue weighted by atomic mass is 16.5. The van der Waals surface area contributed by atoms with Crippen LogP contribution in [0.25, 0.3) is 0 Å². The van der Waals surface area contributed by atoms with Crippen molar-refractivity contribution in [2.45, 2.75) is 33.1 Å². The van der Waals surface area contributed by atoms with Crippen molar-refractivity contribution in [3.05, 3.63) is 23.9 Å². The molecule has 0 spiro atoms. The predicted molar refractivity (Wildman–Crippen MR) is 85.6 cm³/mol. The van der Waals surface area contributed by atoms with Gasteiger partial charge in [-0.15, -0.1) is 0 Å². The van der Waals surface area contributed by atoms with Crippen molar-refractivity contribution in [1.29, 1.82) is 0 Å². The fraction of sp³-hybridized carbons (Fsp3) is 0.625. The van der Waals surface area contributed by atoms with Crippen molar-refractivity contribution >= 4 is 11.7 Å². The van der Waals surface area contributed by atoms with Gasteiger partial charge in [0.15, 0.2) is 0 Å². The Bertz CT molecular complexity index is 420. The lowest BCUT2D eigenvalue weighted by atomic mass is 10.1. The molecule has 1 amide bonds. The van der Waals surface area contributed by atoms with E-state index < -0.39 is 0 Å². The number of hydrogen-bond donors (Lipinski definition) is 1. The summed E-state index contributed by atoms with van der Waals surface area (Å²) in [6.45, 7) is 7.46. The van der Waals surface area contributed by atoms with Crippen LogP contribution in [0.3, 0.4) is 0 Å². The maximum Gasteiger partial charge on any atom is 0.220 e. The minimum absolute atomic E-state index is 0.0901. The molecule has 21 heavy (non-hydrogen) atoms. The number of rotatable bonds is 10. The van der Waals surface area contributed by atoms with E-state index in [4.69, 9.17) is 4.74 Å². The number of methoxy groups -OCH3 is 1. The number of carbonyl (C=O) groups excluding carboxylic acids is 1. The summed E-state index contributed by atoms with van der Waals surface area (Å²) in [5.41, 5.74) is 1.15. The summed E-state index contributed by atoms with van der Waals surface area (Å²) < 4.78 is 4.95. The lowest BCUT2D eigenvalue weighted by molar-refractivity contribution is -0.121. The number of aromatic nitrogens is 1. The third-order valence-electron chi connectivity index (χ3n) is 3.39. The summed E-state index contributed by atoms with van der Waals surface area (Å²) in [6.07, 6.45) is 3.92. The van der Waals surface area contributed by atoms with E-state index >= 15 is 0 Å². The Labute approximate surface area is 127 Å². The van der Waals surface area contributed by atoms with Crippen LogP contribution in [0.5, 0.6) is 0 Å². The number of nitrogens with one attached hydrogen (secondary N) is 1. The maximum atomic E-state index is 11.7. The third-order valence-corrected chi connectivity index (χ3v) is 3.39. The first-order valence-electron chi connectivity index (χ1n) is 7.66. The van der Waals surface area contributed by atoms with Crippen molar-refractivity contribution in [1.82, 2.24) is 10.3 Å². The topological polar surface area (TPSA) is 54.5 Å². The van der Waals surface area contributed by atoms with Crippen LogP contribution in [0, 0.1) is 0 Å². The Hall–Kier alpha value is -1.62. The van der Waals surface area contributed by atoms with Crippen LogP contribution in [-0.4, -0.2) is 44.2 Å². The molecule has 0 saturated heterocycles. The molecular weight excluding hydrogens is 266 g/mol. The van der Waals surface area contributed by atoms with E-state index in [0.29, 0.717) is 19.6 Å². The molecule has 0 aliphatic rings. The average Bonchev–Trinajstić information content (AvgIpc) is 2.51. The Balaban J connectivity index is 2.41. The molecule has 0 aliphatic heterocycles. The quantitative estimate of drug-likeness (QED) is 0.671. The molecule has 1 aromatic heterocycles. The molecule has 0 fully saturated rings. The lowest BCUT2D eigenvalue weighted by Crippen LogP contribution is -2.25. The zero-order valence-electron chi connectivity index (χ0n) is 13.4. The summed E-state index contributed by atoms with van der Waals surface area (Å²) in [5, 5.41) is 2.90. The Kier molecular flexibility index (Phi) is 8.43. The van der Waals surface area contributed by atoms with Crippen molar-refractivity contribution in [3.8, 4) is 0 Å². The van der Waals surface area contributed by atoms with Crippen LogP contribution >= 0.6 is 0 Å². The van der Waals surface area contributed by atoms with E-state index in [2.05, 4.69) is 35.1 Å². The monoisotopic (exact) mass is 293 g/mol. The van der Waals surface area contributed by atoms with Crippen LogP contribution in [-0.2, 0) is 16.0 Å². The molecule has 0 radical (unpaired) electrons. The molecule has 0 aliphatic carbocycles. The number of aryl methyl sites for hydroxylation is 1. The van der Waals surface area contributed by atoms with Crippen LogP contribution in [0.4, 0.5) is 5.82 Å². The van der Waals surface area contributed by atoms with Gasteiger partial charge in [0.05, 0.1) is 0 Å². The van der Waals surface area contributed by atoms with Gasteiger partial charge < -0.3 is 15.0 Å². The van der Waals surface area contributed by atoms with Crippen molar-refractivity contribution in [2.24, 2.45) is 0 Å². The molecule has 5 nitrogen and oxygen atoms in total. The van der Waals surface area contributed by atoms with Gasteiger partial charge in [-0.2, -0.15) is 0 Å². The maximum absolute atomic E-state index is 11.7. The van der Waals surface area contributed by atoms with Gasteiger partial charge in [-0.25, -0.2) is 4.98 Å². The summed E-state index contributed by atoms with van der Waals surface area (Å²) in [4.78, 5) is 18.3. The first-order chi connectivity index (χ1) is 10.2. The molecule has 0 unspecified atom stereocenters. The van der Waals surface area contributed by atoms with Gasteiger partial charge in [0.2, 0.25) is 5.91 Å². The smallest absolute Gasteiger partial charge is 0.220 e. The van der Waals surface area contributed by atoms with E-state index in [1.54, 1.807) is 7.11 Å². The first-order valence-corrected chi connectivity index (χ1v) is 7.66. The molecular formula is C16H27N3O2. The fourth-order valence-corrected chi connectivity index (χ4v) is 2.13. The molecule has 118 valence electrons. The summed E-state index contributed by atoms with van der Waals surface area (Å²) in [7, 11) is 1.67. The number of amides is 1. The molecule has 5 heteroatoms. The van der Waals surface area contributed by atoms with Crippen molar-refractivity contribution < 1.29 is 9.53 Å². The Morgan fingerprint density at radius 3 is 2.81 bits per heavy atom. The molecule has 0 saturated carbocycles. The highest BCUT2D eigenvalue weighted by molar-refractivity contribution is 5.76. The molecule has 0 bridgehead atoms. The fourth-order valence-electron chi connectivity index (χ4n) is 2.13. The zero-order valence-corrected chi connectivity index (χ0v) is 13.4. The Morgan fingerprint density at radius 1 is 1.38 bits per heavy atom. The van der Waals surface area contributed by atoms with Gasteiger partial charge in [0.25, 0.3) is 0 Å². The minimum Gasteiger partial charge on any atom is -0.385 e. The molecule has 1 heterocycles. The highest BCUT2D eigenvalue weighted by Crippen LogP contribution is 2.13. The molecule has 1 N–H and O–H groups in total. The number of anilines is 1. The number of hydrogen-bond acceptors (Lipinski definition) is 4. The van der Waals surface area contributed by atoms with E-state index in [1.165, 1.54) is 0 Å². The molecule has 1 aromatic rings.